The lowest BCUT2D eigenvalue weighted by Gasteiger charge is -2.25. The van der Waals surface area contributed by atoms with Crippen molar-refractivity contribution in [2.45, 2.75) is 24.2 Å². The molecule has 8 heteroatoms. The Hall–Kier alpha value is -1.67. The summed E-state index contributed by atoms with van der Waals surface area (Å²) >= 11 is 0. The Labute approximate surface area is 111 Å². The third kappa shape index (κ3) is 2.17. The summed E-state index contributed by atoms with van der Waals surface area (Å²) in [6.07, 6.45) is 4.38. The molecule has 102 valence electrons. The molecule has 1 aliphatic heterocycles. The van der Waals surface area contributed by atoms with Gasteiger partial charge < -0.3 is 5.73 Å². The van der Waals surface area contributed by atoms with Gasteiger partial charge in [0.05, 0.1) is 6.20 Å². The maximum atomic E-state index is 12.5. The second-order valence-corrected chi connectivity index (χ2v) is 6.54. The lowest BCUT2D eigenvalue weighted by Crippen LogP contribution is -2.35. The molecule has 1 fully saturated rings. The van der Waals surface area contributed by atoms with Crippen molar-refractivity contribution < 1.29 is 8.42 Å². The highest BCUT2D eigenvalue weighted by Crippen LogP contribution is 2.20. The summed E-state index contributed by atoms with van der Waals surface area (Å²) in [4.78, 5) is 4.20. The van der Waals surface area contributed by atoms with Gasteiger partial charge in [0.15, 0.2) is 5.65 Å². The highest BCUT2D eigenvalue weighted by Gasteiger charge is 2.26. The van der Waals surface area contributed by atoms with Crippen molar-refractivity contribution in [2.24, 2.45) is 0 Å². The van der Waals surface area contributed by atoms with E-state index < -0.39 is 10.0 Å². The van der Waals surface area contributed by atoms with E-state index in [-0.39, 0.29) is 10.8 Å². The Kier molecular flexibility index (Phi) is 2.90. The van der Waals surface area contributed by atoms with Gasteiger partial charge in [-0.3, -0.25) is 0 Å². The van der Waals surface area contributed by atoms with E-state index in [1.54, 1.807) is 12.1 Å². The van der Waals surface area contributed by atoms with Gasteiger partial charge in [0.2, 0.25) is 16.0 Å². The molecule has 0 amide bonds. The normalized spacial score (nSPS) is 17.9. The molecule has 0 unspecified atom stereocenters. The second-order valence-electron chi connectivity index (χ2n) is 4.60. The third-order valence-electron chi connectivity index (χ3n) is 3.27. The highest BCUT2D eigenvalue weighted by molar-refractivity contribution is 7.89. The number of nitrogens with zero attached hydrogens (tertiary/aromatic N) is 4. The number of hydrogen-bond acceptors (Lipinski definition) is 5. The number of piperidine rings is 1. The first-order valence-electron chi connectivity index (χ1n) is 6.19. The number of fused-ring (bicyclic) bond motifs is 1. The first-order chi connectivity index (χ1) is 9.07. The molecule has 0 atom stereocenters. The van der Waals surface area contributed by atoms with Crippen LogP contribution in [0.15, 0.2) is 23.2 Å². The van der Waals surface area contributed by atoms with Gasteiger partial charge in [0, 0.05) is 13.1 Å². The van der Waals surface area contributed by atoms with E-state index in [1.165, 1.54) is 15.0 Å². The third-order valence-corrected chi connectivity index (χ3v) is 5.16. The van der Waals surface area contributed by atoms with Gasteiger partial charge in [-0.05, 0) is 25.0 Å². The number of nitrogens with two attached hydrogens (primary N) is 1. The number of aromatic nitrogens is 3. The molecule has 19 heavy (non-hydrogen) atoms. The number of nitrogen functional groups attached to an aromatic ring is 1. The summed E-state index contributed by atoms with van der Waals surface area (Å²) in [5.41, 5.74) is 6.03. The molecule has 0 bridgehead atoms. The van der Waals surface area contributed by atoms with Gasteiger partial charge in [-0.2, -0.15) is 9.29 Å². The van der Waals surface area contributed by atoms with Crippen molar-refractivity contribution >= 4 is 21.6 Å². The molecule has 1 aliphatic rings. The number of anilines is 1. The van der Waals surface area contributed by atoms with Crippen LogP contribution < -0.4 is 5.73 Å². The van der Waals surface area contributed by atoms with E-state index in [1.807, 2.05) is 0 Å². The van der Waals surface area contributed by atoms with Crippen LogP contribution in [0.25, 0.3) is 5.65 Å². The summed E-state index contributed by atoms with van der Waals surface area (Å²) in [5, 5.41) is 3.93. The Morgan fingerprint density at radius 1 is 1.16 bits per heavy atom. The van der Waals surface area contributed by atoms with Gasteiger partial charge in [-0.1, -0.05) is 6.42 Å². The molecule has 1 saturated heterocycles. The average molecular weight is 281 g/mol. The summed E-state index contributed by atoms with van der Waals surface area (Å²) < 4.78 is 27.9. The van der Waals surface area contributed by atoms with E-state index >= 15 is 0 Å². The zero-order valence-corrected chi connectivity index (χ0v) is 11.2. The minimum atomic E-state index is -3.44. The van der Waals surface area contributed by atoms with Gasteiger partial charge in [0.25, 0.3) is 0 Å². The van der Waals surface area contributed by atoms with E-state index in [4.69, 9.17) is 5.73 Å². The fourth-order valence-electron chi connectivity index (χ4n) is 2.29. The summed E-state index contributed by atoms with van der Waals surface area (Å²) in [6, 6.07) is 3.16. The van der Waals surface area contributed by atoms with Crippen molar-refractivity contribution in [2.75, 3.05) is 18.8 Å². The minimum absolute atomic E-state index is 0.132. The van der Waals surface area contributed by atoms with E-state index in [9.17, 15) is 8.42 Å². The molecule has 3 rings (SSSR count). The number of hydrogen-bond donors (Lipinski definition) is 1. The first-order valence-corrected chi connectivity index (χ1v) is 7.63. The summed E-state index contributed by atoms with van der Waals surface area (Å²) in [5.74, 6) is 0.132. The summed E-state index contributed by atoms with van der Waals surface area (Å²) in [6.45, 7) is 1.17. The van der Waals surface area contributed by atoms with E-state index in [0.717, 1.165) is 19.3 Å². The zero-order valence-electron chi connectivity index (χ0n) is 10.4. The van der Waals surface area contributed by atoms with E-state index in [2.05, 4.69) is 10.1 Å². The van der Waals surface area contributed by atoms with Crippen LogP contribution in [-0.2, 0) is 10.0 Å². The van der Waals surface area contributed by atoms with Gasteiger partial charge >= 0.3 is 0 Å². The molecule has 2 aromatic rings. The van der Waals surface area contributed by atoms with Crippen LogP contribution in [0.1, 0.15) is 19.3 Å². The lowest BCUT2D eigenvalue weighted by molar-refractivity contribution is 0.346. The molecule has 7 nitrogen and oxygen atoms in total. The van der Waals surface area contributed by atoms with Crippen LogP contribution in [0.4, 0.5) is 5.95 Å². The highest BCUT2D eigenvalue weighted by atomic mass is 32.2. The maximum Gasteiger partial charge on any atom is 0.244 e. The Morgan fingerprint density at radius 3 is 2.63 bits per heavy atom. The predicted molar refractivity (Wildman–Crippen MR) is 70.0 cm³/mol. The molecule has 2 N–H and O–H groups in total. The SMILES string of the molecule is Nc1nc2ccc(S(=O)(=O)N3CCCCC3)cn2n1. The zero-order chi connectivity index (χ0) is 13.5. The smallest absolute Gasteiger partial charge is 0.244 e. The standard InChI is InChI=1S/C11H15N5O2S/c12-11-13-10-5-4-9(8-16(10)14-11)19(17,18)15-6-2-1-3-7-15/h4-5,8H,1-3,6-7H2,(H2,12,14). The van der Waals surface area contributed by atoms with Gasteiger partial charge in [-0.25, -0.2) is 12.9 Å². The van der Waals surface area contributed by atoms with Crippen LogP contribution in [-0.4, -0.2) is 40.4 Å². The fraction of sp³-hybridized carbons (Fsp3) is 0.455. The van der Waals surface area contributed by atoms with Crippen molar-refractivity contribution in [1.82, 2.24) is 18.9 Å². The molecular weight excluding hydrogens is 266 g/mol. The monoisotopic (exact) mass is 281 g/mol. The molecule has 0 aliphatic carbocycles. The number of pyridine rings is 1. The van der Waals surface area contributed by atoms with Crippen molar-refractivity contribution in [3.63, 3.8) is 0 Å². The van der Waals surface area contributed by atoms with Crippen molar-refractivity contribution in [1.29, 1.82) is 0 Å². The van der Waals surface area contributed by atoms with Crippen LogP contribution >= 0.6 is 0 Å². The molecule has 0 aromatic carbocycles. The van der Waals surface area contributed by atoms with Gasteiger partial charge in [-0.15, -0.1) is 5.10 Å². The predicted octanol–water partition coefficient (Wildman–Crippen LogP) is 0.486. The Morgan fingerprint density at radius 2 is 1.89 bits per heavy atom. The van der Waals surface area contributed by atoms with Crippen LogP contribution in [0.2, 0.25) is 0 Å². The molecule has 0 radical (unpaired) electrons. The number of rotatable bonds is 2. The van der Waals surface area contributed by atoms with Crippen molar-refractivity contribution in [3.8, 4) is 0 Å². The fourth-order valence-corrected chi connectivity index (χ4v) is 3.80. The molecule has 0 spiro atoms. The number of sulfonamides is 1. The van der Waals surface area contributed by atoms with Crippen LogP contribution in [0.3, 0.4) is 0 Å². The second kappa shape index (κ2) is 4.46. The van der Waals surface area contributed by atoms with Crippen molar-refractivity contribution in [3.05, 3.63) is 18.3 Å². The lowest BCUT2D eigenvalue weighted by atomic mass is 10.2. The molecule has 0 saturated carbocycles. The Balaban J connectivity index is 2.02. The first kappa shape index (κ1) is 12.4. The van der Waals surface area contributed by atoms with E-state index in [0.29, 0.717) is 18.7 Å². The molecule has 3 heterocycles. The maximum absolute atomic E-state index is 12.5. The topological polar surface area (TPSA) is 93.6 Å². The van der Waals surface area contributed by atoms with Crippen LogP contribution in [0.5, 0.6) is 0 Å². The Bertz CT molecular complexity index is 703. The molecule has 2 aromatic heterocycles. The molecular formula is C11H15N5O2S. The minimum Gasteiger partial charge on any atom is -0.366 e. The average Bonchev–Trinajstić information content (AvgIpc) is 2.78. The van der Waals surface area contributed by atoms with Gasteiger partial charge in [0.1, 0.15) is 4.90 Å². The summed E-state index contributed by atoms with van der Waals surface area (Å²) in [7, 11) is -3.44. The van der Waals surface area contributed by atoms with Crippen LogP contribution in [0, 0.1) is 0 Å². The quantitative estimate of drug-likeness (QED) is 0.864. The largest absolute Gasteiger partial charge is 0.366 e.